The van der Waals surface area contributed by atoms with Crippen LogP contribution in [-0.2, 0) is 0 Å². The van der Waals surface area contributed by atoms with Crippen LogP contribution in [0.3, 0.4) is 0 Å². The van der Waals surface area contributed by atoms with E-state index in [1.54, 1.807) is 5.57 Å². The van der Waals surface area contributed by atoms with E-state index in [9.17, 15) is 0 Å². The van der Waals surface area contributed by atoms with E-state index in [-0.39, 0.29) is 19.6 Å². The van der Waals surface area contributed by atoms with E-state index in [0.29, 0.717) is 5.41 Å². The molecule has 0 atom stereocenters. The second-order valence-corrected chi connectivity index (χ2v) is 4.55. The first-order valence-electron chi connectivity index (χ1n) is 7.31. The molecule has 0 saturated carbocycles. The highest BCUT2D eigenvalue weighted by atomic mass is 32.1. The van der Waals surface area contributed by atoms with Crippen molar-refractivity contribution in [3.05, 3.63) is 11.6 Å². The molecule has 3 heteroatoms. The summed E-state index contributed by atoms with van der Waals surface area (Å²) in [5.74, 6) is 0. The van der Waals surface area contributed by atoms with E-state index in [1.165, 1.54) is 39.2 Å². The van der Waals surface area contributed by atoms with Crippen LogP contribution in [0.15, 0.2) is 11.6 Å². The van der Waals surface area contributed by atoms with Gasteiger partial charge in [0.1, 0.15) is 0 Å². The van der Waals surface area contributed by atoms with Crippen LogP contribution in [0.1, 0.15) is 80.6 Å². The first-order valence-corrected chi connectivity index (χ1v) is 7.31. The molecule has 0 amide bonds. The Morgan fingerprint density at radius 1 is 1.05 bits per heavy atom. The van der Waals surface area contributed by atoms with Gasteiger partial charge < -0.3 is 11.9 Å². The van der Waals surface area contributed by atoms with Gasteiger partial charge in [-0.1, -0.05) is 66.0 Å². The zero-order valence-corrected chi connectivity index (χ0v) is 15.9. The summed E-state index contributed by atoms with van der Waals surface area (Å²) in [6, 6.07) is 0. The lowest BCUT2D eigenvalue weighted by atomic mass is 9.78. The Morgan fingerprint density at radius 2 is 1.47 bits per heavy atom. The van der Waals surface area contributed by atoms with Gasteiger partial charge in [0.15, 0.2) is 0 Å². The van der Waals surface area contributed by atoms with Gasteiger partial charge in [-0.25, -0.2) is 0 Å². The predicted molar refractivity (Wildman–Crippen MR) is 98.8 cm³/mol. The van der Waals surface area contributed by atoms with Crippen molar-refractivity contribution in [3.63, 3.8) is 0 Å². The van der Waals surface area contributed by atoms with E-state index >= 15 is 0 Å². The monoisotopic (exact) mass is 294 g/mol. The van der Waals surface area contributed by atoms with Crippen LogP contribution < -0.4 is 11.9 Å². The average Bonchev–Trinajstić information content (AvgIpc) is 2.35. The summed E-state index contributed by atoms with van der Waals surface area (Å²) in [5.41, 5.74) is 6.58. The quantitative estimate of drug-likeness (QED) is 0.606. The van der Waals surface area contributed by atoms with Crippen molar-refractivity contribution in [3.8, 4) is 0 Å². The standard InChI is InChI=1S/C13H26.C2H6.CH5N.H3N.H2S/c1-6-9-10-12(8-3)13(4,5)11-7-2;2*1-2;;/h8H,6-7,9-11H2,1-5H3;1-2H3;2H2,1H3;1H3;1H2/b12-8+;;;;. The summed E-state index contributed by atoms with van der Waals surface area (Å²) in [7, 11) is 1.50. The van der Waals surface area contributed by atoms with Crippen LogP contribution in [0.5, 0.6) is 0 Å². The fourth-order valence-corrected chi connectivity index (χ4v) is 2.03. The molecule has 5 N–H and O–H groups in total. The fraction of sp³-hybridized carbons (Fsp3) is 0.875. The molecule has 0 saturated heterocycles. The summed E-state index contributed by atoms with van der Waals surface area (Å²) < 4.78 is 0. The maximum absolute atomic E-state index is 4.50. The summed E-state index contributed by atoms with van der Waals surface area (Å²) in [4.78, 5) is 0. The van der Waals surface area contributed by atoms with Gasteiger partial charge in [0.25, 0.3) is 0 Å². The second-order valence-electron chi connectivity index (χ2n) is 4.55. The number of nitrogens with two attached hydrogens (primary N) is 1. The maximum Gasteiger partial charge on any atom is -0.0145 e. The SMILES string of the molecule is C/C=C(\CCCC)C(C)(C)CCC.CC.CN.N.S. The molecule has 2 nitrogen and oxygen atoms in total. The van der Waals surface area contributed by atoms with Crippen molar-refractivity contribution < 1.29 is 0 Å². The van der Waals surface area contributed by atoms with E-state index < -0.39 is 0 Å². The van der Waals surface area contributed by atoms with Gasteiger partial charge in [-0.3, -0.25) is 0 Å². The first-order chi connectivity index (χ1) is 8.08. The number of rotatable bonds is 6. The molecule has 19 heavy (non-hydrogen) atoms. The molecule has 0 aromatic carbocycles. The average molecular weight is 295 g/mol. The van der Waals surface area contributed by atoms with Crippen LogP contribution in [0.4, 0.5) is 0 Å². The molecule has 0 spiro atoms. The van der Waals surface area contributed by atoms with Crippen LogP contribution in [0.2, 0.25) is 0 Å². The van der Waals surface area contributed by atoms with Gasteiger partial charge in [-0.15, -0.1) is 0 Å². The summed E-state index contributed by atoms with van der Waals surface area (Å²) >= 11 is 0. The topological polar surface area (TPSA) is 61.0 Å². The molecule has 0 unspecified atom stereocenters. The number of hydrogen-bond acceptors (Lipinski definition) is 2. The Balaban J connectivity index is -0.0000000988. The van der Waals surface area contributed by atoms with Crippen LogP contribution in [0, 0.1) is 5.41 Å². The van der Waals surface area contributed by atoms with Crippen molar-refractivity contribution in [2.45, 2.75) is 80.6 Å². The van der Waals surface area contributed by atoms with Gasteiger partial charge in [0, 0.05) is 0 Å². The summed E-state index contributed by atoms with van der Waals surface area (Å²) in [6.45, 7) is 15.5. The van der Waals surface area contributed by atoms with Crippen LogP contribution >= 0.6 is 13.5 Å². The van der Waals surface area contributed by atoms with Crippen molar-refractivity contribution in [1.82, 2.24) is 6.15 Å². The van der Waals surface area contributed by atoms with Gasteiger partial charge in [-0.05, 0) is 38.6 Å². The minimum atomic E-state index is 0. The van der Waals surface area contributed by atoms with Gasteiger partial charge in [0.05, 0.1) is 0 Å². The normalized spacial score (nSPS) is 9.84. The molecule has 0 aromatic rings. The highest BCUT2D eigenvalue weighted by Crippen LogP contribution is 2.34. The van der Waals surface area contributed by atoms with Crippen molar-refractivity contribution in [2.24, 2.45) is 11.1 Å². The largest absolute Gasteiger partial charge is 0.344 e. The Bertz CT molecular complexity index is 166. The highest BCUT2D eigenvalue weighted by Gasteiger charge is 2.20. The molecular formula is C16H42N2S. The van der Waals surface area contributed by atoms with E-state index in [2.05, 4.69) is 46.4 Å². The number of allylic oxidation sites excluding steroid dienone is 2. The molecule has 0 aliphatic carbocycles. The fourth-order valence-electron chi connectivity index (χ4n) is 2.03. The van der Waals surface area contributed by atoms with E-state index in [0.717, 1.165) is 0 Å². The first kappa shape index (κ1) is 31.4. The molecular weight excluding hydrogens is 252 g/mol. The third kappa shape index (κ3) is 18.0. The lowest BCUT2D eigenvalue weighted by molar-refractivity contribution is 0.385. The van der Waals surface area contributed by atoms with E-state index in [1.807, 2.05) is 13.8 Å². The summed E-state index contributed by atoms with van der Waals surface area (Å²) in [6.07, 6.45) is 8.87. The molecule has 0 fully saturated rings. The maximum atomic E-state index is 4.50. The zero-order chi connectivity index (χ0) is 14.3. The van der Waals surface area contributed by atoms with Crippen LogP contribution in [0.25, 0.3) is 0 Å². The van der Waals surface area contributed by atoms with Gasteiger partial charge in [-0.2, -0.15) is 13.5 Å². The van der Waals surface area contributed by atoms with E-state index in [4.69, 9.17) is 0 Å². The van der Waals surface area contributed by atoms with Crippen molar-refractivity contribution in [1.29, 1.82) is 0 Å². The molecule has 0 radical (unpaired) electrons. The summed E-state index contributed by atoms with van der Waals surface area (Å²) in [5, 5.41) is 0. The Morgan fingerprint density at radius 3 is 1.74 bits per heavy atom. The zero-order valence-electron chi connectivity index (χ0n) is 14.9. The minimum Gasteiger partial charge on any atom is -0.344 e. The molecule has 0 bridgehead atoms. The Kier molecular flexibility index (Phi) is 38.2. The third-order valence-electron chi connectivity index (χ3n) is 2.89. The Labute approximate surface area is 130 Å². The van der Waals surface area contributed by atoms with Crippen LogP contribution in [-0.4, -0.2) is 7.05 Å². The Hall–Kier alpha value is 0.0100. The van der Waals surface area contributed by atoms with Gasteiger partial charge >= 0.3 is 0 Å². The molecule has 0 aliphatic rings. The molecule has 0 aromatic heterocycles. The predicted octanol–water partition coefficient (Wildman–Crippen LogP) is 5.83. The lowest BCUT2D eigenvalue weighted by Crippen LogP contribution is -2.14. The van der Waals surface area contributed by atoms with Crippen molar-refractivity contribution in [2.75, 3.05) is 7.05 Å². The minimum absolute atomic E-state index is 0. The van der Waals surface area contributed by atoms with Crippen molar-refractivity contribution >= 4 is 13.5 Å². The molecule has 0 heterocycles. The lowest BCUT2D eigenvalue weighted by Gasteiger charge is -2.28. The molecule has 0 rings (SSSR count). The smallest absolute Gasteiger partial charge is 0.0145 e. The number of unbranched alkanes of at least 4 members (excludes halogenated alkanes) is 1. The molecule has 0 aliphatic heterocycles. The third-order valence-corrected chi connectivity index (χ3v) is 2.89. The molecule has 122 valence electrons. The highest BCUT2D eigenvalue weighted by molar-refractivity contribution is 7.59. The number of hydrogen-bond donors (Lipinski definition) is 2. The second kappa shape index (κ2) is 23.1. The van der Waals surface area contributed by atoms with Gasteiger partial charge in [0.2, 0.25) is 0 Å².